The second-order valence-electron chi connectivity index (χ2n) is 3.35. The largest absolute Gasteiger partial charge is 0.349 e. The van der Waals surface area contributed by atoms with Gasteiger partial charge < -0.3 is 10.6 Å². The molecule has 0 atom stereocenters. The summed E-state index contributed by atoms with van der Waals surface area (Å²) in [6, 6.07) is 0.0726. The second kappa shape index (κ2) is 4.88. The zero-order valence-corrected chi connectivity index (χ0v) is 9.64. The maximum absolute atomic E-state index is 11.5. The molecule has 6 heteroatoms. The first-order valence-electron chi connectivity index (χ1n) is 4.53. The number of rotatable bonds is 3. The molecule has 2 amide bonds. The molecule has 1 aromatic heterocycles. The zero-order valence-electron chi connectivity index (χ0n) is 8.83. The van der Waals surface area contributed by atoms with Crippen LogP contribution in [0.1, 0.15) is 31.3 Å². The third kappa shape index (κ3) is 3.67. The van der Waals surface area contributed by atoms with Gasteiger partial charge >= 0.3 is 0 Å². The van der Waals surface area contributed by atoms with Crippen molar-refractivity contribution in [2.24, 2.45) is 0 Å². The summed E-state index contributed by atoms with van der Waals surface area (Å²) in [5.74, 6) is -0.419. The fourth-order valence-electron chi connectivity index (χ4n) is 0.922. The van der Waals surface area contributed by atoms with Crippen molar-refractivity contribution >= 4 is 28.3 Å². The van der Waals surface area contributed by atoms with E-state index >= 15 is 0 Å². The van der Waals surface area contributed by atoms with Crippen molar-refractivity contribution < 1.29 is 9.59 Å². The molecule has 5 nitrogen and oxygen atoms in total. The van der Waals surface area contributed by atoms with Crippen molar-refractivity contribution in [1.82, 2.24) is 10.3 Å². The average molecular weight is 227 g/mol. The molecular weight excluding hydrogens is 214 g/mol. The third-order valence-electron chi connectivity index (χ3n) is 1.44. The van der Waals surface area contributed by atoms with E-state index in [1.54, 1.807) is 5.38 Å². The van der Waals surface area contributed by atoms with E-state index < -0.39 is 0 Å². The van der Waals surface area contributed by atoms with Crippen LogP contribution in [0.3, 0.4) is 0 Å². The van der Waals surface area contributed by atoms with E-state index in [1.165, 1.54) is 18.3 Å². The summed E-state index contributed by atoms with van der Waals surface area (Å²) in [4.78, 5) is 26.2. The topological polar surface area (TPSA) is 71.1 Å². The molecule has 0 spiro atoms. The molecule has 0 aliphatic heterocycles. The van der Waals surface area contributed by atoms with Crippen molar-refractivity contribution in [3.8, 4) is 0 Å². The predicted octanol–water partition coefficient (Wildman–Crippen LogP) is 1.24. The molecule has 1 heterocycles. The molecule has 15 heavy (non-hydrogen) atoms. The van der Waals surface area contributed by atoms with Crippen molar-refractivity contribution in [2.75, 3.05) is 5.32 Å². The molecule has 0 aliphatic rings. The van der Waals surface area contributed by atoms with Crippen LogP contribution in [0, 0.1) is 0 Å². The van der Waals surface area contributed by atoms with Crippen LogP contribution in [-0.4, -0.2) is 22.8 Å². The molecule has 0 radical (unpaired) electrons. The number of carbonyl (C=O) groups excluding carboxylic acids is 2. The van der Waals surface area contributed by atoms with E-state index in [0.717, 1.165) is 0 Å². The lowest BCUT2D eigenvalue weighted by Gasteiger charge is -2.05. The maximum Gasteiger partial charge on any atom is 0.271 e. The molecule has 0 aliphatic carbocycles. The van der Waals surface area contributed by atoms with Crippen molar-refractivity contribution in [3.05, 3.63) is 11.1 Å². The molecule has 1 aromatic rings. The van der Waals surface area contributed by atoms with Crippen LogP contribution in [0.4, 0.5) is 5.13 Å². The highest BCUT2D eigenvalue weighted by atomic mass is 32.1. The molecular formula is C9H13N3O2S. The molecule has 1 rings (SSSR count). The van der Waals surface area contributed by atoms with Crippen LogP contribution in [-0.2, 0) is 4.79 Å². The van der Waals surface area contributed by atoms with Gasteiger partial charge in [0.25, 0.3) is 5.91 Å². The Morgan fingerprint density at radius 3 is 2.67 bits per heavy atom. The number of carbonyl (C=O) groups is 2. The Morgan fingerprint density at radius 1 is 1.47 bits per heavy atom. The quantitative estimate of drug-likeness (QED) is 0.816. The van der Waals surface area contributed by atoms with Crippen LogP contribution in [0.2, 0.25) is 0 Å². The first-order chi connectivity index (χ1) is 6.99. The Kier molecular flexibility index (Phi) is 3.79. The van der Waals surface area contributed by atoms with Crippen molar-refractivity contribution in [2.45, 2.75) is 26.8 Å². The lowest BCUT2D eigenvalue weighted by atomic mass is 10.3. The lowest BCUT2D eigenvalue weighted by Crippen LogP contribution is -2.30. The number of aromatic nitrogens is 1. The molecule has 0 unspecified atom stereocenters. The van der Waals surface area contributed by atoms with Gasteiger partial charge in [0.1, 0.15) is 5.69 Å². The second-order valence-corrected chi connectivity index (χ2v) is 4.21. The Bertz CT molecular complexity index is 373. The van der Waals surface area contributed by atoms with Crippen LogP contribution >= 0.6 is 11.3 Å². The molecule has 82 valence electrons. The van der Waals surface area contributed by atoms with E-state index in [1.807, 2.05) is 13.8 Å². The first kappa shape index (κ1) is 11.6. The number of nitrogens with one attached hydrogen (secondary N) is 2. The van der Waals surface area contributed by atoms with Gasteiger partial charge in [-0.1, -0.05) is 0 Å². The van der Waals surface area contributed by atoms with Gasteiger partial charge in [-0.05, 0) is 13.8 Å². The van der Waals surface area contributed by atoms with Gasteiger partial charge in [-0.15, -0.1) is 11.3 Å². The van der Waals surface area contributed by atoms with Crippen molar-refractivity contribution in [1.29, 1.82) is 0 Å². The summed E-state index contributed by atoms with van der Waals surface area (Å²) in [6.45, 7) is 5.15. The fraction of sp³-hybridized carbons (Fsp3) is 0.444. The first-order valence-corrected chi connectivity index (χ1v) is 5.41. The van der Waals surface area contributed by atoms with E-state index in [2.05, 4.69) is 15.6 Å². The summed E-state index contributed by atoms with van der Waals surface area (Å²) < 4.78 is 0. The van der Waals surface area contributed by atoms with E-state index in [9.17, 15) is 9.59 Å². The monoisotopic (exact) mass is 227 g/mol. The summed E-state index contributed by atoms with van der Waals surface area (Å²) in [6.07, 6.45) is 0. The zero-order chi connectivity index (χ0) is 11.4. The fourth-order valence-corrected chi connectivity index (χ4v) is 1.66. The smallest absolute Gasteiger partial charge is 0.271 e. The van der Waals surface area contributed by atoms with E-state index in [0.29, 0.717) is 10.8 Å². The number of amides is 2. The normalized spacial score (nSPS) is 10.1. The summed E-state index contributed by atoms with van der Waals surface area (Å²) >= 11 is 1.23. The Balaban J connectivity index is 2.67. The predicted molar refractivity (Wildman–Crippen MR) is 59.0 cm³/mol. The van der Waals surface area contributed by atoms with Gasteiger partial charge in [0, 0.05) is 18.3 Å². The van der Waals surface area contributed by atoms with E-state index in [-0.39, 0.29) is 17.9 Å². The molecule has 0 fully saturated rings. The minimum absolute atomic E-state index is 0.0726. The van der Waals surface area contributed by atoms with Crippen LogP contribution in [0.15, 0.2) is 5.38 Å². The van der Waals surface area contributed by atoms with Crippen LogP contribution in [0.5, 0.6) is 0 Å². The molecule has 0 saturated carbocycles. The Morgan fingerprint density at radius 2 is 2.13 bits per heavy atom. The molecule has 0 aromatic carbocycles. The maximum atomic E-state index is 11.5. The number of thiazole rings is 1. The highest BCUT2D eigenvalue weighted by Crippen LogP contribution is 2.15. The lowest BCUT2D eigenvalue weighted by molar-refractivity contribution is -0.114. The number of hydrogen-bond donors (Lipinski definition) is 2. The minimum atomic E-state index is -0.224. The third-order valence-corrected chi connectivity index (χ3v) is 2.20. The highest BCUT2D eigenvalue weighted by molar-refractivity contribution is 7.14. The number of nitrogens with zero attached hydrogens (tertiary/aromatic N) is 1. The van der Waals surface area contributed by atoms with Gasteiger partial charge in [-0.2, -0.15) is 0 Å². The van der Waals surface area contributed by atoms with Crippen molar-refractivity contribution in [3.63, 3.8) is 0 Å². The molecule has 0 saturated heterocycles. The van der Waals surface area contributed by atoms with Gasteiger partial charge in [0.05, 0.1) is 0 Å². The summed E-state index contributed by atoms with van der Waals surface area (Å²) in [5, 5.41) is 7.30. The average Bonchev–Trinajstić information content (AvgIpc) is 2.50. The van der Waals surface area contributed by atoms with Gasteiger partial charge in [0.2, 0.25) is 5.91 Å². The van der Waals surface area contributed by atoms with Gasteiger partial charge in [-0.3, -0.25) is 9.59 Å². The molecule has 0 bridgehead atoms. The standard InChI is InChI=1S/C9H13N3O2S/c1-5(2)10-8(14)7-4-15-9(12-7)11-6(3)13/h4-5H,1-3H3,(H,10,14)(H,11,12,13). The van der Waals surface area contributed by atoms with Gasteiger partial charge in [-0.25, -0.2) is 4.98 Å². The minimum Gasteiger partial charge on any atom is -0.349 e. The Labute approximate surface area is 91.9 Å². The number of anilines is 1. The van der Waals surface area contributed by atoms with E-state index in [4.69, 9.17) is 0 Å². The van der Waals surface area contributed by atoms with Gasteiger partial charge in [0.15, 0.2) is 5.13 Å². The molecule has 2 N–H and O–H groups in total. The van der Waals surface area contributed by atoms with Crippen LogP contribution < -0.4 is 10.6 Å². The summed E-state index contributed by atoms with van der Waals surface area (Å²) in [5.41, 5.74) is 0.331. The summed E-state index contributed by atoms with van der Waals surface area (Å²) in [7, 11) is 0. The highest BCUT2D eigenvalue weighted by Gasteiger charge is 2.11. The Hall–Kier alpha value is -1.43. The number of hydrogen-bond acceptors (Lipinski definition) is 4. The van der Waals surface area contributed by atoms with Crippen LogP contribution in [0.25, 0.3) is 0 Å². The SMILES string of the molecule is CC(=O)Nc1nc(C(=O)NC(C)C)cs1.